The van der Waals surface area contributed by atoms with E-state index in [1.165, 1.54) is 6.92 Å². The molecule has 1 atom stereocenters. The maximum Gasteiger partial charge on any atom is 0.251 e. The summed E-state index contributed by atoms with van der Waals surface area (Å²) in [5, 5.41) is 8.98. The van der Waals surface area contributed by atoms with Crippen LogP contribution in [-0.2, 0) is 4.79 Å². The zero-order valence-corrected chi connectivity index (χ0v) is 7.43. The van der Waals surface area contributed by atoms with Crippen LogP contribution < -0.4 is 0 Å². The van der Waals surface area contributed by atoms with Gasteiger partial charge in [0.2, 0.25) is 0 Å². The van der Waals surface area contributed by atoms with Crippen LogP contribution in [0, 0.1) is 0 Å². The van der Waals surface area contributed by atoms with Crippen molar-refractivity contribution in [1.82, 2.24) is 4.90 Å². The van der Waals surface area contributed by atoms with Gasteiger partial charge in [0, 0.05) is 24.6 Å². The van der Waals surface area contributed by atoms with Crippen molar-refractivity contribution in [3.8, 4) is 0 Å². The number of aliphatic hydroxyl groups is 1. The molecule has 1 aliphatic rings. The summed E-state index contributed by atoms with van der Waals surface area (Å²) in [7, 11) is 0. The number of carbonyl (C=O) groups excluding carboxylic acids is 1. The van der Waals surface area contributed by atoms with Crippen LogP contribution in [-0.4, -0.2) is 46.6 Å². The number of amides is 1. The van der Waals surface area contributed by atoms with Crippen LogP contribution in [0.4, 0.5) is 0 Å². The van der Waals surface area contributed by atoms with Crippen molar-refractivity contribution in [3.63, 3.8) is 0 Å². The van der Waals surface area contributed by atoms with Crippen LogP contribution in [0.3, 0.4) is 0 Å². The van der Waals surface area contributed by atoms with Gasteiger partial charge in [-0.2, -0.15) is 11.8 Å². The molecule has 1 heterocycles. The zero-order valence-electron chi connectivity index (χ0n) is 6.62. The average Bonchev–Trinajstić information content (AvgIpc) is 2.05. The van der Waals surface area contributed by atoms with Gasteiger partial charge in [-0.15, -0.1) is 0 Å². The van der Waals surface area contributed by atoms with Gasteiger partial charge in [-0.3, -0.25) is 4.79 Å². The molecule has 1 aliphatic heterocycles. The molecule has 1 rings (SSSR count). The fourth-order valence-corrected chi connectivity index (χ4v) is 1.95. The largest absolute Gasteiger partial charge is 0.384 e. The molecule has 0 aliphatic carbocycles. The minimum atomic E-state index is -0.835. The fraction of sp³-hybridized carbons (Fsp3) is 0.857. The van der Waals surface area contributed by atoms with Crippen molar-refractivity contribution in [1.29, 1.82) is 0 Å². The van der Waals surface area contributed by atoms with Gasteiger partial charge < -0.3 is 10.0 Å². The lowest BCUT2D eigenvalue weighted by atomic mass is 10.3. The number of hydrogen-bond donors (Lipinski definition) is 1. The van der Waals surface area contributed by atoms with E-state index in [4.69, 9.17) is 5.11 Å². The summed E-state index contributed by atoms with van der Waals surface area (Å²) in [4.78, 5) is 12.9. The minimum Gasteiger partial charge on any atom is -0.384 e. The van der Waals surface area contributed by atoms with E-state index in [0.29, 0.717) is 0 Å². The lowest BCUT2D eigenvalue weighted by Crippen LogP contribution is -2.42. The summed E-state index contributed by atoms with van der Waals surface area (Å²) < 4.78 is 0. The SMILES string of the molecule is C[C@H](O)C(=O)N1CCSCC1. The quantitative estimate of drug-likeness (QED) is 0.607. The second kappa shape index (κ2) is 3.97. The summed E-state index contributed by atoms with van der Waals surface area (Å²) in [6.07, 6.45) is -0.835. The van der Waals surface area contributed by atoms with Crippen molar-refractivity contribution in [2.75, 3.05) is 24.6 Å². The van der Waals surface area contributed by atoms with Gasteiger partial charge in [-0.25, -0.2) is 0 Å². The average molecular weight is 175 g/mol. The Balaban J connectivity index is 2.39. The second-order valence-electron chi connectivity index (χ2n) is 2.61. The molecule has 0 aromatic rings. The van der Waals surface area contributed by atoms with E-state index in [2.05, 4.69) is 0 Å². The van der Waals surface area contributed by atoms with Crippen molar-refractivity contribution in [3.05, 3.63) is 0 Å². The Kier molecular flexibility index (Phi) is 3.20. The third kappa shape index (κ3) is 2.38. The Morgan fingerprint density at radius 3 is 2.55 bits per heavy atom. The van der Waals surface area contributed by atoms with E-state index in [1.807, 2.05) is 11.8 Å². The van der Waals surface area contributed by atoms with Gasteiger partial charge in [0.05, 0.1) is 0 Å². The van der Waals surface area contributed by atoms with Crippen molar-refractivity contribution < 1.29 is 9.90 Å². The van der Waals surface area contributed by atoms with E-state index in [9.17, 15) is 4.79 Å². The van der Waals surface area contributed by atoms with Crippen LogP contribution in [0.15, 0.2) is 0 Å². The molecule has 0 radical (unpaired) electrons. The Morgan fingerprint density at radius 2 is 2.09 bits per heavy atom. The predicted molar refractivity (Wildman–Crippen MR) is 45.6 cm³/mol. The Labute approximate surface area is 70.8 Å². The highest BCUT2D eigenvalue weighted by Crippen LogP contribution is 2.09. The third-order valence-electron chi connectivity index (χ3n) is 1.68. The van der Waals surface area contributed by atoms with Gasteiger partial charge in [0.25, 0.3) is 5.91 Å². The molecule has 0 aromatic heterocycles. The monoisotopic (exact) mass is 175 g/mol. The van der Waals surface area contributed by atoms with Crippen molar-refractivity contribution >= 4 is 17.7 Å². The molecule has 0 aromatic carbocycles. The first-order valence-electron chi connectivity index (χ1n) is 3.76. The number of rotatable bonds is 1. The molecule has 3 nitrogen and oxygen atoms in total. The lowest BCUT2D eigenvalue weighted by Gasteiger charge is -2.27. The molecule has 1 fully saturated rings. The Bertz CT molecular complexity index is 143. The van der Waals surface area contributed by atoms with Crippen LogP contribution in [0.5, 0.6) is 0 Å². The minimum absolute atomic E-state index is 0.134. The van der Waals surface area contributed by atoms with E-state index in [0.717, 1.165) is 24.6 Å². The molecular formula is C7H13NO2S. The van der Waals surface area contributed by atoms with Crippen LogP contribution >= 0.6 is 11.8 Å². The maximum absolute atomic E-state index is 11.2. The standard InChI is InChI=1S/C7H13NO2S/c1-6(9)7(10)8-2-4-11-5-3-8/h6,9H,2-5H2,1H3/t6-/m0/s1. The van der Waals surface area contributed by atoms with Gasteiger partial charge >= 0.3 is 0 Å². The first-order chi connectivity index (χ1) is 5.22. The maximum atomic E-state index is 11.2. The molecule has 4 heteroatoms. The summed E-state index contributed by atoms with van der Waals surface area (Å²) >= 11 is 1.85. The number of aliphatic hydroxyl groups excluding tert-OH is 1. The summed E-state index contributed by atoms with van der Waals surface area (Å²) in [5.41, 5.74) is 0. The molecule has 0 spiro atoms. The van der Waals surface area contributed by atoms with Gasteiger partial charge in [0.15, 0.2) is 0 Å². The van der Waals surface area contributed by atoms with E-state index in [-0.39, 0.29) is 5.91 Å². The number of thioether (sulfide) groups is 1. The number of nitrogens with zero attached hydrogens (tertiary/aromatic N) is 1. The molecule has 0 bridgehead atoms. The highest BCUT2D eigenvalue weighted by Gasteiger charge is 2.19. The number of hydrogen-bond acceptors (Lipinski definition) is 3. The van der Waals surface area contributed by atoms with E-state index < -0.39 is 6.10 Å². The molecule has 1 amide bonds. The lowest BCUT2D eigenvalue weighted by molar-refractivity contribution is -0.138. The van der Waals surface area contributed by atoms with Gasteiger partial charge in [-0.05, 0) is 6.92 Å². The Morgan fingerprint density at radius 1 is 1.55 bits per heavy atom. The highest BCUT2D eigenvalue weighted by atomic mass is 32.2. The predicted octanol–water partition coefficient (Wildman–Crippen LogP) is -0.0574. The molecule has 1 N–H and O–H groups in total. The second-order valence-corrected chi connectivity index (χ2v) is 3.84. The van der Waals surface area contributed by atoms with Crippen LogP contribution in [0.25, 0.3) is 0 Å². The summed E-state index contributed by atoms with van der Waals surface area (Å²) in [6.45, 7) is 3.09. The normalized spacial score (nSPS) is 21.5. The number of carbonyl (C=O) groups is 1. The molecule has 1 saturated heterocycles. The van der Waals surface area contributed by atoms with Gasteiger partial charge in [0.1, 0.15) is 6.10 Å². The molecule has 0 unspecified atom stereocenters. The molecule has 64 valence electrons. The first-order valence-corrected chi connectivity index (χ1v) is 4.92. The van der Waals surface area contributed by atoms with Crippen molar-refractivity contribution in [2.24, 2.45) is 0 Å². The topological polar surface area (TPSA) is 40.5 Å². The van der Waals surface area contributed by atoms with Crippen LogP contribution in [0.1, 0.15) is 6.92 Å². The van der Waals surface area contributed by atoms with E-state index >= 15 is 0 Å². The van der Waals surface area contributed by atoms with Gasteiger partial charge in [-0.1, -0.05) is 0 Å². The summed E-state index contributed by atoms with van der Waals surface area (Å²) in [6, 6.07) is 0. The van der Waals surface area contributed by atoms with E-state index in [1.54, 1.807) is 4.90 Å². The van der Waals surface area contributed by atoms with Crippen molar-refractivity contribution in [2.45, 2.75) is 13.0 Å². The molecular weight excluding hydrogens is 162 g/mol. The van der Waals surface area contributed by atoms with Crippen LogP contribution in [0.2, 0.25) is 0 Å². The third-order valence-corrected chi connectivity index (χ3v) is 2.62. The Hall–Kier alpha value is -0.220. The fourth-order valence-electron chi connectivity index (χ4n) is 1.05. The molecule has 0 saturated carbocycles. The first kappa shape index (κ1) is 8.87. The molecule has 11 heavy (non-hydrogen) atoms. The smallest absolute Gasteiger partial charge is 0.251 e. The highest BCUT2D eigenvalue weighted by molar-refractivity contribution is 7.99. The zero-order chi connectivity index (χ0) is 8.27. The summed E-state index contributed by atoms with van der Waals surface area (Å²) in [5.74, 6) is 1.86.